The van der Waals surface area contributed by atoms with Gasteiger partial charge in [0.05, 0.1) is 17.9 Å². The average Bonchev–Trinajstić information content (AvgIpc) is 2.97. The highest BCUT2D eigenvalue weighted by atomic mass is 32.2. The summed E-state index contributed by atoms with van der Waals surface area (Å²) in [5.74, 6) is 4.84. The van der Waals surface area contributed by atoms with Gasteiger partial charge in [-0.3, -0.25) is 4.72 Å². The summed E-state index contributed by atoms with van der Waals surface area (Å²) in [6, 6.07) is 3.71. The topological polar surface area (TPSA) is 69.6 Å². The highest BCUT2D eigenvalue weighted by Gasteiger charge is 2.25. The van der Waals surface area contributed by atoms with E-state index in [4.69, 9.17) is 5.11 Å². The maximum absolute atomic E-state index is 13.3. The third-order valence-electron chi connectivity index (χ3n) is 3.09. The van der Waals surface area contributed by atoms with Crippen molar-refractivity contribution in [2.75, 3.05) is 24.4 Å². The van der Waals surface area contributed by atoms with Crippen LogP contribution >= 0.6 is 0 Å². The van der Waals surface area contributed by atoms with Gasteiger partial charge >= 0.3 is 10.2 Å². The second kappa shape index (κ2) is 6.89. The number of hydrogen-bond acceptors (Lipinski definition) is 3. The van der Waals surface area contributed by atoms with Gasteiger partial charge in [-0.05, 0) is 31.0 Å². The molecule has 0 atom stereocenters. The Morgan fingerprint density at radius 2 is 2.05 bits per heavy atom. The van der Waals surface area contributed by atoms with Crippen LogP contribution in [0.15, 0.2) is 18.2 Å². The molecule has 0 unspecified atom stereocenters. The van der Waals surface area contributed by atoms with E-state index in [9.17, 15) is 12.8 Å². The zero-order chi connectivity index (χ0) is 15.3. The van der Waals surface area contributed by atoms with Crippen LogP contribution in [0.4, 0.5) is 10.1 Å². The lowest BCUT2D eigenvalue weighted by molar-refractivity contribution is 0.305. The Morgan fingerprint density at radius 1 is 1.33 bits per heavy atom. The zero-order valence-corrected chi connectivity index (χ0v) is 12.3. The van der Waals surface area contributed by atoms with E-state index in [1.54, 1.807) is 0 Å². The van der Waals surface area contributed by atoms with Crippen LogP contribution in [0.1, 0.15) is 24.8 Å². The molecule has 1 fully saturated rings. The van der Waals surface area contributed by atoms with Crippen molar-refractivity contribution in [2.24, 2.45) is 0 Å². The molecule has 1 aliphatic rings. The first-order chi connectivity index (χ1) is 10.0. The molecule has 1 aromatic rings. The third-order valence-corrected chi connectivity index (χ3v) is 4.61. The number of aliphatic hydroxyl groups is 1. The Morgan fingerprint density at radius 3 is 2.71 bits per heavy atom. The van der Waals surface area contributed by atoms with Gasteiger partial charge in [-0.25, -0.2) is 4.39 Å². The number of rotatable bonds is 4. The second-order valence-corrected chi connectivity index (χ2v) is 6.35. The van der Waals surface area contributed by atoms with Crippen molar-refractivity contribution in [3.63, 3.8) is 0 Å². The molecule has 0 saturated carbocycles. The molecule has 0 bridgehead atoms. The minimum atomic E-state index is -3.64. The summed E-state index contributed by atoms with van der Waals surface area (Å²) in [7, 11) is -3.64. The van der Waals surface area contributed by atoms with Crippen LogP contribution in [0.3, 0.4) is 0 Å². The molecule has 1 saturated heterocycles. The molecule has 0 spiro atoms. The predicted molar refractivity (Wildman–Crippen MR) is 78.3 cm³/mol. The summed E-state index contributed by atoms with van der Waals surface area (Å²) in [5.41, 5.74) is 0.500. The van der Waals surface area contributed by atoms with Crippen LogP contribution < -0.4 is 4.72 Å². The summed E-state index contributed by atoms with van der Waals surface area (Å²) < 4.78 is 41.5. The first-order valence-corrected chi connectivity index (χ1v) is 8.14. The quantitative estimate of drug-likeness (QED) is 0.824. The molecule has 0 aliphatic carbocycles. The summed E-state index contributed by atoms with van der Waals surface area (Å²) >= 11 is 0. The van der Waals surface area contributed by atoms with Gasteiger partial charge in [-0.15, -0.1) is 0 Å². The van der Waals surface area contributed by atoms with Gasteiger partial charge in [-0.1, -0.05) is 11.8 Å². The highest BCUT2D eigenvalue weighted by molar-refractivity contribution is 7.90. The smallest absolute Gasteiger partial charge is 0.301 e. The van der Waals surface area contributed by atoms with Crippen molar-refractivity contribution in [1.29, 1.82) is 0 Å². The monoisotopic (exact) mass is 312 g/mol. The van der Waals surface area contributed by atoms with Crippen molar-refractivity contribution in [3.05, 3.63) is 29.6 Å². The van der Waals surface area contributed by atoms with Crippen molar-refractivity contribution in [2.45, 2.75) is 19.3 Å². The van der Waals surface area contributed by atoms with Crippen LogP contribution in [0.2, 0.25) is 0 Å². The summed E-state index contributed by atoms with van der Waals surface area (Å²) in [5, 5.41) is 8.70. The molecule has 0 radical (unpaired) electrons. The molecule has 0 amide bonds. The van der Waals surface area contributed by atoms with E-state index in [1.807, 2.05) is 0 Å². The van der Waals surface area contributed by atoms with Gasteiger partial charge in [0.15, 0.2) is 0 Å². The maximum atomic E-state index is 13.3. The molecule has 0 aromatic heterocycles. The lowest BCUT2D eigenvalue weighted by Gasteiger charge is -2.17. The van der Waals surface area contributed by atoms with Gasteiger partial charge in [0, 0.05) is 19.5 Å². The molecule has 5 nitrogen and oxygen atoms in total. The Labute approximate surface area is 124 Å². The lowest BCUT2D eigenvalue weighted by atomic mass is 10.2. The van der Waals surface area contributed by atoms with Crippen LogP contribution in [0.5, 0.6) is 0 Å². The molecular formula is C14H17FN2O3S. The van der Waals surface area contributed by atoms with Crippen molar-refractivity contribution in [3.8, 4) is 11.8 Å². The zero-order valence-electron chi connectivity index (χ0n) is 11.5. The molecule has 114 valence electrons. The Bertz CT molecular complexity index is 659. The fraction of sp³-hybridized carbons (Fsp3) is 0.429. The summed E-state index contributed by atoms with van der Waals surface area (Å²) in [4.78, 5) is 0. The maximum Gasteiger partial charge on any atom is 0.301 e. The number of hydrogen-bond donors (Lipinski definition) is 2. The first kappa shape index (κ1) is 15.8. The predicted octanol–water partition coefficient (Wildman–Crippen LogP) is 1.31. The van der Waals surface area contributed by atoms with E-state index in [0.29, 0.717) is 13.1 Å². The molecular weight excluding hydrogens is 295 g/mol. The van der Waals surface area contributed by atoms with E-state index in [1.165, 1.54) is 22.5 Å². The Hall–Kier alpha value is -1.62. The molecule has 1 heterocycles. The average molecular weight is 312 g/mol. The van der Waals surface area contributed by atoms with E-state index in [-0.39, 0.29) is 24.3 Å². The van der Waals surface area contributed by atoms with E-state index in [0.717, 1.165) is 12.8 Å². The van der Waals surface area contributed by atoms with E-state index >= 15 is 0 Å². The normalized spacial score (nSPS) is 15.5. The fourth-order valence-electron chi connectivity index (χ4n) is 2.05. The van der Waals surface area contributed by atoms with E-state index in [2.05, 4.69) is 16.6 Å². The van der Waals surface area contributed by atoms with Crippen LogP contribution in [-0.4, -0.2) is 37.5 Å². The number of anilines is 1. The number of halogens is 1. The number of nitrogens with zero attached hydrogens (tertiary/aromatic N) is 1. The molecule has 1 aliphatic heterocycles. The molecule has 1 aromatic carbocycles. The largest absolute Gasteiger partial charge is 0.395 e. The van der Waals surface area contributed by atoms with Crippen LogP contribution in [0, 0.1) is 17.7 Å². The number of nitrogens with one attached hydrogen (secondary N) is 1. The molecule has 2 N–H and O–H groups in total. The fourth-order valence-corrected chi connectivity index (χ4v) is 3.38. The molecule has 7 heteroatoms. The molecule has 21 heavy (non-hydrogen) atoms. The Balaban J connectivity index is 2.25. The first-order valence-electron chi connectivity index (χ1n) is 6.70. The van der Waals surface area contributed by atoms with Crippen LogP contribution in [0.25, 0.3) is 0 Å². The Kier molecular flexibility index (Phi) is 5.17. The van der Waals surface area contributed by atoms with Gasteiger partial charge in [0.2, 0.25) is 0 Å². The minimum absolute atomic E-state index is 0.100. The summed E-state index contributed by atoms with van der Waals surface area (Å²) in [6.45, 7) is 0.876. The van der Waals surface area contributed by atoms with Gasteiger partial charge in [-0.2, -0.15) is 12.7 Å². The standard InChI is InChI=1S/C14H17FN2O3S/c15-13-6-7-14(12(11-13)5-1-4-10-18)16-21(19,20)17-8-2-3-9-17/h6-7,11,16,18H,2-4,8-10H2. The van der Waals surface area contributed by atoms with Crippen LogP contribution in [-0.2, 0) is 10.2 Å². The van der Waals surface area contributed by atoms with Crippen molar-refractivity contribution < 1.29 is 17.9 Å². The SMILES string of the molecule is O=S(=O)(Nc1ccc(F)cc1C#CCCO)N1CCCC1. The third kappa shape index (κ3) is 4.17. The lowest BCUT2D eigenvalue weighted by Crippen LogP contribution is -2.33. The summed E-state index contributed by atoms with van der Waals surface area (Å²) in [6.07, 6.45) is 1.93. The van der Waals surface area contributed by atoms with Gasteiger partial charge < -0.3 is 5.11 Å². The molecule has 2 rings (SSSR count). The van der Waals surface area contributed by atoms with Crippen molar-refractivity contribution in [1.82, 2.24) is 4.31 Å². The number of benzene rings is 1. The highest BCUT2D eigenvalue weighted by Crippen LogP contribution is 2.20. The second-order valence-electron chi connectivity index (χ2n) is 4.68. The number of aliphatic hydroxyl groups excluding tert-OH is 1. The van der Waals surface area contributed by atoms with E-state index < -0.39 is 16.0 Å². The minimum Gasteiger partial charge on any atom is -0.395 e. The van der Waals surface area contributed by atoms with Gasteiger partial charge in [0.25, 0.3) is 0 Å². The van der Waals surface area contributed by atoms with Crippen molar-refractivity contribution >= 4 is 15.9 Å². The van der Waals surface area contributed by atoms with Gasteiger partial charge in [0.1, 0.15) is 5.82 Å².